The topological polar surface area (TPSA) is 0 Å². The first-order valence-corrected chi connectivity index (χ1v) is 8.05. The van der Waals surface area contributed by atoms with Crippen molar-refractivity contribution in [3.05, 3.63) is 83.9 Å². The van der Waals surface area contributed by atoms with E-state index in [-0.39, 0.29) is 40.1 Å². The molecule has 1 atom stereocenters. The average molecular weight is 436 g/mol. The predicted molar refractivity (Wildman–Crippen MR) is 96.5 cm³/mol. The van der Waals surface area contributed by atoms with E-state index in [1.165, 1.54) is 24.6 Å². The summed E-state index contributed by atoms with van der Waals surface area (Å²) in [6, 6.07) is 21.5. The molecule has 21 heavy (non-hydrogen) atoms. The van der Waals surface area contributed by atoms with Gasteiger partial charge in [0, 0.05) is 0 Å². The number of rotatable bonds is 2. The summed E-state index contributed by atoms with van der Waals surface area (Å²) in [5, 5.41) is 1.43. The van der Waals surface area contributed by atoms with Gasteiger partial charge in [-0.25, -0.2) is 0 Å². The van der Waals surface area contributed by atoms with E-state index in [1.54, 1.807) is 24.7 Å². The van der Waals surface area contributed by atoms with Crippen LogP contribution in [0, 0.1) is 0 Å². The number of halogens is 3. The van der Waals surface area contributed by atoms with Crippen LogP contribution in [0.2, 0.25) is 0 Å². The Morgan fingerprint density at radius 3 is 1.86 bits per heavy atom. The van der Waals surface area contributed by atoms with E-state index >= 15 is 0 Å². The van der Waals surface area contributed by atoms with Gasteiger partial charge in [0.05, 0.1) is 0 Å². The molecule has 3 rings (SSSR count). The molecule has 0 amide bonds. The Hall–Kier alpha value is 0.103. The molecule has 5 heteroatoms. The molecule has 1 aliphatic rings. The molecule has 0 fully saturated rings. The van der Waals surface area contributed by atoms with Gasteiger partial charge in [0.25, 0.3) is 0 Å². The Morgan fingerprint density at radius 2 is 1.29 bits per heavy atom. The summed E-state index contributed by atoms with van der Waals surface area (Å²) in [5.74, 6) is 0. The van der Waals surface area contributed by atoms with E-state index in [0.717, 1.165) is 0 Å². The van der Waals surface area contributed by atoms with Crippen LogP contribution < -0.4 is 0 Å². The van der Waals surface area contributed by atoms with Crippen molar-refractivity contribution in [1.29, 1.82) is 0 Å². The standard InChI is InChI=1S/C16H12P.3ClH.Zr/c1-3-7-13(8-4-1)15-11-12-16(17-15)14-9-5-2-6-10-14;;;;/h1-12H;3*1H;. The minimum atomic E-state index is 0. The maximum atomic E-state index is 2.37. The Bertz CT molecular complexity index is 614. The third-order valence-corrected chi connectivity index (χ3v) is 6.41. The van der Waals surface area contributed by atoms with Crippen molar-refractivity contribution >= 4 is 50.7 Å². The second kappa shape index (κ2) is 9.29. The van der Waals surface area contributed by atoms with Crippen LogP contribution in [0.1, 0.15) is 11.1 Å². The normalized spacial score (nSPS) is 19.5. The van der Waals surface area contributed by atoms with Crippen molar-refractivity contribution in [1.82, 2.24) is 0 Å². The van der Waals surface area contributed by atoms with Crippen molar-refractivity contribution < 1.29 is 24.7 Å². The molecule has 0 aliphatic carbocycles. The molecule has 0 nitrogen and oxygen atoms in total. The van der Waals surface area contributed by atoms with Crippen molar-refractivity contribution in [2.45, 2.75) is 2.86 Å². The number of benzene rings is 2. The first-order chi connectivity index (χ1) is 8.78. The number of hydrogen-bond acceptors (Lipinski definition) is 0. The Labute approximate surface area is 161 Å². The second-order valence-electron chi connectivity index (χ2n) is 4.33. The Kier molecular flexibility index (Phi) is 9.33. The molecule has 1 heterocycles. The van der Waals surface area contributed by atoms with Gasteiger partial charge in [0.1, 0.15) is 0 Å². The van der Waals surface area contributed by atoms with Gasteiger partial charge in [0.15, 0.2) is 0 Å². The summed E-state index contributed by atoms with van der Waals surface area (Å²) in [4.78, 5) is 0. The van der Waals surface area contributed by atoms with Crippen molar-refractivity contribution in [3.63, 3.8) is 0 Å². The molecule has 2 aromatic rings. The molecular formula is C16H15Cl3PZr. The Balaban J connectivity index is 0.00000133. The predicted octanol–water partition coefficient (Wildman–Crippen LogP) is 5.39. The van der Waals surface area contributed by atoms with E-state index in [0.29, 0.717) is 0 Å². The summed E-state index contributed by atoms with van der Waals surface area (Å²) in [5.41, 5.74) is 2.77. The summed E-state index contributed by atoms with van der Waals surface area (Å²) in [6.45, 7) is 0. The van der Waals surface area contributed by atoms with E-state index in [4.69, 9.17) is 0 Å². The summed E-state index contributed by atoms with van der Waals surface area (Å²) in [6.07, 6.45) is 4.66. The van der Waals surface area contributed by atoms with E-state index in [1.807, 2.05) is 0 Å². The van der Waals surface area contributed by atoms with E-state index < -0.39 is 0 Å². The Morgan fingerprint density at radius 1 is 0.762 bits per heavy atom. The summed E-state index contributed by atoms with van der Waals surface area (Å²) >= 11 is 1.55. The van der Waals surface area contributed by atoms with E-state index in [2.05, 4.69) is 72.8 Å². The van der Waals surface area contributed by atoms with Gasteiger partial charge in [-0.3, -0.25) is 0 Å². The van der Waals surface area contributed by atoms with Crippen LogP contribution in [0.15, 0.2) is 72.8 Å². The van der Waals surface area contributed by atoms with Crippen LogP contribution in [-0.4, -0.2) is 5.29 Å². The van der Waals surface area contributed by atoms with Gasteiger partial charge in [-0.2, -0.15) is 0 Å². The first kappa shape index (κ1) is 21.1. The first-order valence-electron chi connectivity index (χ1n) is 5.93. The number of hydrogen-bond donors (Lipinski definition) is 0. The van der Waals surface area contributed by atoms with Crippen LogP contribution >= 0.6 is 45.4 Å². The second-order valence-corrected chi connectivity index (χ2v) is 8.71. The van der Waals surface area contributed by atoms with Crippen LogP contribution in [0.4, 0.5) is 0 Å². The van der Waals surface area contributed by atoms with Crippen LogP contribution in [0.3, 0.4) is 0 Å². The van der Waals surface area contributed by atoms with Gasteiger partial charge >= 0.3 is 125 Å². The van der Waals surface area contributed by atoms with E-state index in [9.17, 15) is 0 Å². The van der Waals surface area contributed by atoms with Gasteiger partial charge in [0.2, 0.25) is 0 Å². The fourth-order valence-corrected chi connectivity index (χ4v) is 4.82. The molecule has 109 valence electrons. The van der Waals surface area contributed by atoms with Crippen LogP contribution in [0.5, 0.6) is 0 Å². The van der Waals surface area contributed by atoms with Gasteiger partial charge in [-0.1, -0.05) is 0 Å². The van der Waals surface area contributed by atoms with Crippen LogP contribution in [-0.2, 0) is 27.6 Å². The van der Waals surface area contributed by atoms with Crippen molar-refractivity contribution in [2.75, 3.05) is 0 Å². The maximum absolute atomic E-state index is 2.37. The molecule has 2 aromatic carbocycles. The molecule has 0 bridgehead atoms. The fourth-order valence-electron chi connectivity index (χ4n) is 2.09. The molecule has 0 spiro atoms. The molecule has 1 unspecified atom stereocenters. The summed E-state index contributed by atoms with van der Waals surface area (Å²) < 4.78 is 0.207. The zero-order valence-electron chi connectivity index (χ0n) is 11.1. The van der Waals surface area contributed by atoms with Gasteiger partial charge in [-0.15, -0.1) is 37.2 Å². The molecular weight excluding hydrogens is 421 g/mol. The van der Waals surface area contributed by atoms with Crippen molar-refractivity contribution in [2.24, 2.45) is 0 Å². The zero-order chi connectivity index (χ0) is 12.4. The molecule has 1 aliphatic heterocycles. The SMILES string of the molecule is Cl.Cl.Cl.[Zr][C]1(c2ccccc2)C=CC(c2ccccc2)=P1. The molecule has 0 saturated heterocycles. The van der Waals surface area contributed by atoms with Gasteiger partial charge < -0.3 is 0 Å². The summed E-state index contributed by atoms with van der Waals surface area (Å²) in [7, 11) is 1.40. The van der Waals surface area contributed by atoms with Crippen LogP contribution in [0.25, 0.3) is 0 Å². The molecule has 0 N–H and O–H groups in total. The molecule has 0 radical (unpaired) electrons. The van der Waals surface area contributed by atoms with Gasteiger partial charge in [-0.05, 0) is 0 Å². The molecule has 0 saturated carbocycles. The molecule has 0 aromatic heterocycles. The zero-order valence-corrected chi connectivity index (χ0v) is 16.9. The third-order valence-electron chi connectivity index (χ3n) is 3.06. The minimum absolute atomic E-state index is 0. The average Bonchev–Trinajstić information content (AvgIpc) is 2.85. The third kappa shape index (κ3) is 4.79. The quantitative estimate of drug-likeness (QED) is 0.555. The van der Waals surface area contributed by atoms with Crippen molar-refractivity contribution in [3.8, 4) is 0 Å². The monoisotopic (exact) mass is 433 g/mol. The fraction of sp³-hybridized carbons (Fsp3) is 0.0625. The number of allylic oxidation sites excluding steroid dienone is 2.